The molecule has 0 aromatic heterocycles. The first kappa shape index (κ1) is 10.4. The Morgan fingerprint density at radius 2 is 1.88 bits per heavy atom. The number of nitrogens with two attached hydrogens (primary N) is 1. The lowest BCUT2D eigenvalue weighted by Crippen LogP contribution is -1.92. The molecule has 2 N–H and O–H groups in total. The first-order chi connectivity index (χ1) is 7.86. The number of hydrogen-bond acceptors (Lipinski definition) is 2. The van der Waals surface area contributed by atoms with Crippen LogP contribution in [-0.4, -0.2) is 13.3 Å². The predicted octanol–water partition coefficient (Wildman–Crippen LogP) is 2.84. The number of hydrogen-bond donors (Lipinski definition) is 1. The molecule has 2 aromatic rings. The number of aliphatic imine (C=N–C) groups is 1. The summed E-state index contributed by atoms with van der Waals surface area (Å²) in [4.78, 5) is 4.02. The van der Waals surface area contributed by atoms with Gasteiger partial charge in [-0.2, -0.15) is 0 Å². The molecule has 2 nitrogen and oxygen atoms in total. The van der Waals surface area contributed by atoms with Gasteiger partial charge < -0.3 is 5.73 Å². The molecule has 2 heteroatoms. The molecule has 0 heterocycles. The summed E-state index contributed by atoms with van der Waals surface area (Å²) in [6, 6.07) is 14.4. The Kier molecular flexibility index (Phi) is 3.01. The summed E-state index contributed by atoms with van der Waals surface area (Å²) in [7, 11) is 1.74. The van der Waals surface area contributed by atoms with Crippen molar-refractivity contribution in [1.29, 1.82) is 0 Å². The van der Waals surface area contributed by atoms with Crippen LogP contribution in [0.15, 0.2) is 53.7 Å². The van der Waals surface area contributed by atoms with E-state index >= 15 is 0 Å². The van der Waals surface area contributed by atoms with Crippen LogP contribution in [0, 0.1) is 0 Å². The minimum atomic E-state index is 0.944. The lowest BCUT2D eigenvalue weighted by Gasteiger charge is -2.06. The highest BCUT2D eigenvalue weighted by molar-refractivity contribution is 6.14. The summed E-state index contributed by atoms with van der Waals surface area (Å²) in [6.45, 7) is 0. The zero-order valence-electron chi connectivity index (χ0n) is 9.22. The van der Waals surface area contributed by atoms with Crippen molar-refractivity contribution in [3.8, 4) is 0 Å². The average molecular weight is 210 g/mol. The highest BCUT2D eigenvalue weighted by atomic mass is 14.6. The first-order valence-electron chi connectivity index (χ1n) is 5.19. The second-order valence-electron chi connectivity index (χ2n) is 3.54. The summed E-state index contributed by atoms with van der Waals surface area (Å²) in [5.74, 6) is 0. The van der Waals surface area contributed by atoms with E-state index in [2.05, 4.69) is 29.3 Å². The van der Waals surface area contributed by atoms with Crippen LogP contribution in [0.1, 0.15) is 5.56 Å². The van der Waals surface area contributed by atoms with Crippen molar-refractivity contribution < 1.29 is 0 Å². The Morgan fingerprint density at radius 3 is 2.62 bits per heavy atom. The van der Waals surface area contributed by atoms with E-state index in [4.69, 9.17) is 5.73 Å². The van der Waals surface area contributed by atoms with Gasteiger partial charge in [-0.15, -0.1) is 0 Å². The highest BCUT2D eigenvalue weighted by Gasteiger charge is 2.02. The van der Waals surface area contributed by atoms with Gasteiger partial charge in [0.1, 0.15) is 0 Å². The minimum absolute atomic E-state index is 0.944. The molecule has 0 radical (unpaired) electrons. The number of benzene rings is 2. The van der Waals surface area contributed by atoms with Crippen molar-refractivity contribution in [3.63, 3.8) is 0 Å². The van der Waals surface area contributed by atoms with Gasteiger partial charge in [-0.25, -0.2) is 0 Å². The Labute approximate surface area is 95.1 Å². The Bertz CT molecular complexity index is 548. The standard InChI is InChI=1S/C14H14N2/c1-16-10-12(9-15)14-8-4-6-11-5-2-3-7-13(11)14/h2-10H,15H2,1H3/b12-9+,16-10?. The van der Waals surface area contributed by atoms with E-state index in [1.165, 1.54) is 10.8 Å². The fourth-order valence-electron chi connectivity index (χ4n) is 1.82. The van der Waals surface area contributed by atoms with Crippen LogP contribution < -0.4 is 5.73 Å². The van der Waals surface area contributed by atoms with Crippen LogP contribution in [0.4, 0.5) is 0 Å². The zero-order chi connectivity index (χ0) is 11.4. The predicted molar refractivity (Wildman–Crippen MR) is 70.5 cm³/mol. The van der Waals surface area contributed by atoms with Crippen LogP contribution in [0.3, 0.4) is 0 Å². The van der Waals surface area contributed by atoms with Crippen LogP contribution in [0.5, 0.6) is 0 Å². The molecule has 2 rings (SSSR count). The van der Waals surface area contributed by atoms with Crippen molar-refractivity contribution in [2.45, 2.75) is 0 Å². The summed E-state index contributed by atoms with van der Waals surface area (Å²) in [5, 5.41) is 2.41. The van der Waals surface area contributed by atoms with E-state index in [1.54, 1.807) is 19.5 Å². The Hall–Kier alpha value is -2.09. The van der Waals surface area contributed by atoms with E-state index in [1.807, 2.05) is 18.2 Å². The Morgan fingerprint density at radius 1 is 1.12 bits per heavy atom. The van der Waals surface area contributed by atoms with Crippen molar-refractivity contribution in [2.24, 2.45) is 10.7 Å². The molecule has 0 atom stereocenters. The van der Waals surface area contributed by atoms with E-state index in [0.717, 1.165) is 11.1 Å². The molecule has 0 aliphatic rings. The van der Waals surface area contributed by atoms with E-state index in [-0.39, 0.29) is 0 Å². The van der Waals surface area contributed by atoms with Crippen molar-refractivity contribution in [3.05, 3.63) is 54.2 Å². The quantitative estimate of drug-likeness (QED) is 0.760. The number of fused-ring (bicyclic) bond motifs is 1. The largest absolute Gasteiger partial charge is 0.404 e. The molecular weight excluding hydrogens is 196 g/mol. The molecule has 16 heavy (non-hydrogen) atoms. The second-order valence-corrected chi connectivity index (χ2v) is 3.54. The van der Waals surface area contributed by atoms with Gasteiger partial charge in [0.25, 0.3) is 0 Å². The molecule has 0 fully saturated rings. The number of nitrogens with zero attached hydrogens (tertiary/aromatic N) is 1. The van der Waals surface area contributed by atoms with Crippen molar-refractivity contribution >= 4 is 22.6 Å². The van der Waals surface area contributed by atoms with E-state index < -0.39 is 0 Å². The molecule has 80 valence electrons. The van der Waals surface area contributed by atoms with Crippen LogP contribution in [0.2, 0.25) is 0 Å². The third kappa shape index (κ3) is 1.82. The summed E-state index contributed by atoms with van der Waals surface area (Å²) >= 11 is 0. The second kappa shape index (κ2) is 4.62. The smallest absolute Gasteiger partial charge is 0.0302 e. The van der Waals surface area contributed by atoms with Gasteiger partial charge in [0, 0.05) is 25.0 Å². The molecule has 0 amide bonds. The van der Waals surface area contributed by atoms with Gasteiger partial charge in [0.2, 0.25) is 0 Å². The van der Waals surface area contributed by atoms with Gasteiger partial charge >= 0.3 is 0 Å². The maximum Gasteiger partial charge on any atom is 0.0302 e. The third-order valence-electron chi connectivity index (χ3n) is 2.55. The maximum atomic E-state index is 5.63. The van der Waals surface area contributed by atoms with Crippen molar-refractivity contribution in [1.82, 2.24) is 0 Å². The van der Waals surface area contributed by atoms with Gasteiger partial charge in [-0.1, -0.05) is 42.5 Å². The number of rotatable bonds is 2. The van der Waals surface area contributed by atoms with Crippen LogP contribution in [-0.2, 0) is 0 Å². The third-order valence-corrected chi connectivity index (χ3v) is 2.55. The summed E-state index contributed by atoms with van der Waals surface area (Å²) in [6.07, 6.45) is 3.37. The molecule has 0 spiro atoms. The molecule has 0 unspecified atom stereocenters. The number of allylic oxidation sites excluding steroid dienone is 1. The molecule has 2 aromatic carbocycles. The average Bonchev–Trinajstić information content (AvgIpc) is 2.35. The molecule has 0 aliphatic carbocycles. The highest BCUT2D eigenvalue weighted by Crippen LogP contribution is 2.23. The normalized spacial score (nSPS) is 12.4. The van der Waals surface area contributed by atoms with Crippen LogP contribution in [0.25, 0.3) is 16.3 Å². The molecule has 0 bridgehead atoms. The SMILES string of the molecule is CN=C/C(=C\N)c1cccc2ccccc12. The Balaban J connectivity index is 2.69. The maximum absolute atomic E-state index is 5.63. The summed E-state index contributed by atoms with van der Waals surface area (Å²) < 4.78 is 0. The minimum Gasteiger partial charge on any atom is -0.404 e. The van der Waals surface area contributed by atoms with Gasteiger partial charge in [-0.05, 0) is 16.3 Å². The van der Waals surface area contributed by atoms with E-state index in [9.17, 15) is 0 Å². The van der Waals surface area contributed by atoms with Gasteiger partial charge in [-0.3, -0.25) is 4.99 Å². The monoisotopic (exact) mass is 210 g/mol. The fraction of sp³-hybridized carbons (Fsp3) is 0.0714. The molecule has 0 aliphatic heterocycles. The van der Waals surface area contributed by atoms with Crippen molar-refractivity contribution in [2.75, 3.05) is 7.05 Å². The lowest BCUT2D eigenvalue weighted by atomic mass is 9.99. The topological polar surface area (TPSA) is 38.4 Å². The fourth-order valence-corrected chi connectivity index (χ4v) is 1.82. The molecular formula is C14H14N2. The van der Waals surface area contributed by atoms with Gasteiger partial charge in [0.15, 0.2) is 0 Å². The first-order valence-corrected chi connectivity index (χ1v) is 5.19. The summed E-state index contributed by atoms with van der Waals surface area (Å²) in [5.41, 5.74) is 7.69. The van der Waals surface area contributed by atoms with Crippen LogP contribution >= 0.6 is 0 Å². The zero-order valence-corrected chi connectivity index (χ0v) is 9.22. The lowest BCUT2D eigenvalue weighted by molar-refractivity contribution is 1.47. The molecule has 0 saturated heterocycles. The van der Waals surface area contributed by atoms with Gasteiger partial charge in [0.05, 0.1) is 0 Å². The molecule has 0 saturated carbocycles. The van der Waals surface area contributed by atoms with E-state index in [0.29, 0.717) is 0 Å².